The van der Waals surface area contributed by atoms with E-state index in [1.54, 1.807) is 0 Å². The fraction of sp³-hybridized carbons (Fsp3) is 0.269. The van der Waals surface area contributed by atoms with Crippen LogP contribution in [0.2, 0.25) is 0 Å². The quantitative estimate of drug-likeness (QED) is 0.565. The van der Waals surface area contributed by atoms with Crippen LogP contribution in [-0.2, 0) is 16.0 Å². The molecule has 30 heavy (non-hydrogen) atoms. The van der Waals surface area contributed by atoms with Gasteiger partial charge in [-0.1, -0.05) is 60.7 Å². The first kappa shape index (κ1) is 20.2. The highest BCUT2D eigenvalue weighted by molar-refractivity contribution is 5.79. The highest BCUT2D eigenvalue weighted by Crippen LogP contribution is 2.45. The Bertz CT molecular complexity index is 967. The molecule has 3 aromatic rings. The summed E-state index contributed by atoms with van der Waals surface area (Å²) in [4.78, 5) is 11.5. The number of nitrogens with two attached hydrogens (primary N) is 1. The van der Waals surface area contributed by atoms with Gasteiger partial charge in [-0.05, 0) is 53.3 Å². The van der Waals surface area contributed by atoms with Crippen molar-refractivity contribution in [1.82, 2.24) is 0 Å². The summed E-state index contributed by atoms with van der Waals surface area (Å²) >= 11 is 0. The Kier molecular flexibility index (Phi) is 6.15. The van der Waals surface area contributed by atoms with E-state index < -0.39 is 12.0 Å². The molecular weight excluding hydrogens is 374 g/mol. The zero-order chi connectivity index (χ0) is 20.9. The number of primary amides is 1. The first-order chi connectivity index (χ1) is 14.7. The molecule has 154 valence electrons. The van der Waals surface area contributed by atoms with Crippen molar-refractivity contribution in [1.29, 1.82) is 0 Å². The molecule has 0 fully saturated rings. The van der Waals surface area contributed by atoms with Gasteiger partial charge in [0.05, 0.1) is 6.61 Å². The van der Waals surface area contributed by atoms with Crippen molar-refractivity contribution in [3.63, 3.8) is 0 Å². The zero-order valence-electron chi connectivity index (χ0n) is 17.2. The number of rotatable bonds is 9. The summed E-state index contributed by atoms with van der Waals surface area (Å²) in [5.41, 5.74) is 11.8. The van der Waals surface area contributed by atoms with Crippen LogP contribution < -0.4 is 10.5 Å². The minimum atomic E-state index is -0.593. The van der Waals surface area contributed by atoms with Crippen LogP contribution in [0.3, 0.4) is 0 Å². The Hall–Kier alpha value is -3.11. The van der Waals surface area contributed by atoms with Gasteiger partial charge < -0.3 is 15.2 Å². The second-order valence-corrected chi connectivity index (χ2v) is 7.56. The largest absolute Gasteiger partial charge is 0.494 e. The molecule has 0 bridgehead atoms. The number of carbonyl (C=O) groups is 1. The predicted octanol–water partition coefficient (Wildman–Crippen LogP) is 4.70. The van der Waals surface area contributed by atoms with Crippen LogP contribution in [0.5, 0.6) is 5.75 Å². The fourth-order valence-corrected chi connectivity index (χ4v) is 4.24. The van der Waals surface area contributed by atoms with Gasteiger partial charge in [0.25, 0.3) is 0 Å². The number of carbonyl (C=O) groups excluding carboxylic acids is 1. The number of hydrogen-bond acceptors (Lipinski definition) is 3. The van der Waals surface area contributed by atoms with E-state index in [0.29, 0.717) is 25.6 Å². The smallest absolute Gasteiger partial charge is 0.246 e. The van der Waals surface area contributed by atoms with Gasteiger partial charge in [0.1, 0.15) is 11.9 Å². The Morgan fingerprint density at radius 1 is 0.933 bits per heavy atom. The molecule has 0 heterocycles. The molecule has 0 saturated heterocycles. The molecule has 1 amide bonds. The summed E-state index contributed by atoms with van der Waals surface area (Å²) in [5.74, 6) is 0.749. The summed E-state index contributed by atoms with van der Waals surface area (Å²) in [6, 6.07) is 25.1. The molecule has 0 saturated carbocycles. The van der Waals surface area contributed by atoms with Gasteiger partial charge in [-0.25, -0.2) is 0 Å². The molecular formula is C26H27NO3. The van der Waals surface area contributed by atoms with Crippen molar-refractivity contribution >= 4 is 5.91 Å². The average molecular weight is 402 g/mol. The Labute approximate surface area is 177 Å². The summed E-state index contributed by atoms with van der Waals surface area (Å²) in [6.07, 6.45) is 0.799. The molecule has 0 radical (unpaired) electrons. The van der Waals surface area contributed by atoms with Crippen LogP contribution >= 0.6 is 0 Å². The molecule has 1 aliphatic rings. The Morgan fingerprint density at radius 2 is 1.53 bits per heavy atom. The second kappa shape index (κ2) is 9.14. The maximum Gasteiger partial charge on any atom is 0.246 e. The lowest BCUT2D eigenvalue weighted by molar-refractivity contribution is -0.129. The molecule has 1 unspecified atom stereocenters. The molecule has 0 aliphatic heterocycles. The van der Waals surface area contributed by atoms with Gasteiger partial charge in [-0.15, -0.1) is 0 Å². The van der Waals surface area contributed by atoms with Crippen molar-refractivity contribution < 1.29 is 14.3 Å². The number of amides is 1. The normalized spacial score (nSPS) is 13.5. The van der Waals surface area contributed by atoms with Crippen LogP contribution in [0.15, 0.2) is 72.8 Å². The molecule has 3 aromatic carbocycles. The van der Waals surface area contributed by atoms with Crippen molar-refractivity contribution in [2.24, 2.45) is 5.73 Å². The lowest BCUT2D eigenvalue weighted by Gasteiger charge is -2.15. The maximum absolute atomic E-state index is 11.5. The van der Waals surface area contributed by atoms with Gasteiger partial charge >= 0.3 is 0 Å². The lowest BCUT2D eigenvalue weighted by Crippen LogP contribution is -2.33. The van der Waals surface area contributed by atoms with Crippen molar-refractivity contribution in [2.45, 2.75) is 31.8 Å². The average Bonchev–Trinajstić information content (AvgIpc) is 3.09. The number of hydrogen-bond donors (Lipinski definition) is 1. The molecule has 4 rings (SSSR count). The highest BCUT2D eigenvalue weighted by atomic mass is 16.5. The third-order valence-corrected chi connectivity index (χ3v) is 5.67. The Morgan fingerprint density at radius 3 is 2.10 bits per heavy atom. The SMILES string of the molecule is CCOC(Cc1ccc(OCCC2c3ccccc3-c3ccccc32)cc1)C(N)=O. The number of ether oxygens (including phenoxy) is 2. The van der Waals surface area contributed by atoms with Gasteiger partial charge in [-0.3, -0.25) is 4.79 Å². The van der Waals surface area contributed by atoms with E-state index in [4.69, 9.17) is 15.2 Å². The van der Waals surface area contributed by atoms with E-state index in [1.807, 2.05) is 31.2 Å². The fourth-order valence-electron chi connectivity index (χ4n) is 4.24. The first-order valence-electron chi connectivity index (χ1n) is 10.5. The standard InChI is InChI=1S/C26H27NO3/c1-2-29-25(26(27)28)17-18-11-13-19(14-12-18)30-16-15-24-22-9-5-3-7-20(22)21-8-4-6-10-23(21)24/h3-14,24-25H,2,15-17H2,1H3,(H2,27,28). The van der Waals surface area contributed by atoms with Gasteiger partial charge in [0.2, 0.25) is 5.91 Å². The van der Waals surface area contributed by atoms with Crippen LogP contribution in [0.25, 0.3) is 11.1 Å². The van der Waals surface area contributed by atoms with Gasteiger partial charge in [0.15, 0.2) is 0 Å². The second-order valence-electron chi connectivity index (χ2n) is 7.56. The zero-order valence-corrected chi connectivity index (χ0v) is 17.2. The molecule has 2 N–H and O–H groups in total. The van der Waals surface area contributed by atoms with Crippen LogP contribution in [0.1, 0.15) is 36.0 Å². The van der Waals surface area contributed by atoms with E-state index in [2.05, 4.69) is 48.5 Å². The minimum Gasteiger partial charge on any atom is -0.494 e. The first-order valence-corrected chi connectivity index (χ1v) is 10.5. The molecule has 0 aromatic heterocycles. The molecule has 4 nitrogen and oxygen atoms in total. The summed E-state index contributed by atoms with van der Waals surface area (Å²) in [5, 5.41) is 0. The van der Waals surface area contributed by atoms with E-state index in [-0.39, 0.29) is 0 Å². The van der Waals surface area contributed by atoms with Crippen molar-refractivity contribution in [2.75, 3.05) is 13.2 Å². The van der Waals surface area contributed by atoms with Crippen molar-refractivity contribution in [3.05, 3.63) is 89.5 Å². The highest BCUT2D eigenvalue weighted by Gasteiger charge is 2.27. The van der Waals surface area contributed by atoms with Gasteiger partial charge in [0, 0.05) is 18.9 Å². The monoisotopic (exact) mass is 401 g/mol. The summed E-state index contributed by atoms with van der Waals surface area (Å²) < 4.78 is 11.4. The Balaban J connectivity index is 1.38. The minimum absolute atomic E-state index is 0.360. The van der Waals surface area contributed by atoms with Crippen LogP contribution in [0.4, 0.5) is 0 Å². The van der Waals surface area contributed by atoms with E-state index in [1.165, 1.54) is 22.3 Å². The van der Waals surface area contributed by atoms with Crippen LogP contribution in [-0.4, -0.2) is 25.2 Å². The summed E-state index contributed by atoms with van der Waals surface area (Å²) in [6.45, 7) is 2.95. The molecule has 1 aliphatic carbocycles. The predicted molar refractivity (Wildman–Crippen MR) is 119 cm³/mol. The lowest BCUT2D eigenvalue weighted by atomic mass is 9.94. The van der Waals surface area contributed by atoms with E-state index >= 15 is 0 Å². The number of benzene rings is 3. The number of fused-ring (bicyclic) bond motifs is 3. The van der Waals surface area contributed by atoms with E-state index in [0.717, 1.165) is 17.7 Å². The third-order valence-electron chi connectivity index (χ3n) is 5.67. The molecule has 1 atom stereocenters. The summed E-state index contributed by atoms with van der Waals surface area (Å²) in [7, 11) is 0. The van der Waals surface area contributed by atoms with Gasteiger partial charge in [-0.2, -0.15) is 0 Å². The topological polar surface area (TPSA) is 61.6 Å². The van der Waals surface area contributed by atoms with Crippen molar-refractivity contribution in [3.8, 4) is 16.9 Å². The van der Waals surface area contributed by atoms with E-state index in [9.17, 15) is 4.79 Å². The van der Waals surface area contributed by atoms with Crippen LogP contribution in [0, 0.1) is 0 Å². The maximum atomic E-state index is 11.5. The molecule has 0 spiro atoms. The molecule has 4 heteroatoms. The third kappa shape index (κ3) is 4.24.